The molecule has 2 aromatic rings. The molecule has 18 heavy (non-hydrogen) atoms. The molecule has 5 heteroatoms. The average molecular weight is 241 g/mol. The molecule has 1 saturated heterocycles. The second-order valence-corrected chi connectivity index (χ2v) is 4.32. The molecule has 2 aromatic heterocycles. The highest BCUT2D eigenvalue weighted by Crippen LogP contribution is 2.25. The molecule has 1 aliphatic rings. The number of pyridine rings is 1. The maximum absolute atomic E-state index is 11.9. The molecule has 1 N–H and O–H groups in total. The summed E-state index contributed by atoms with van der Waals surface area (Å²) in [5, 5.41) is 2.63. The van der Waals surface area contributed by atoms with Gasteiger partial charge in [0.1, 0.15) is 5.65 Å². The van der Waals surface area contributed by atoms with Crippen LogP contribution in [0.3, 0.4) is 0 Å². The number of allylic oxidation sites excluding steroid dienone is 1. The Morgan fingerprint density at radius 3 is 2.94 bits per heavy atom. The smallest absolute Gasteiger partial charge is 0.277 e. The summed E-state index contributed by atoms with van der Waals surface area (Å²) in [4.78, 5) is 27.6. The molecule has 3 rings (SSSR count). The molecular weight excluding hydrogens is 230 g/mol. The summed E-state index contributed by atoms with van der Waals surface area (Å²) in [6.07, 6.45) is 3.93. The van der Waals surface area contributed by atoms with Crippen molar-refractivity contribution in [2.45, 2.75) is 12.3 Å². The fourth-order valence-corrected chi connectivity index (χ4v) is 2.17. The Morgan fingerprint density at radius 2 is 2.22 bits per heavy atom. The number of hydrogen-bond donors (Lipinski definition) is 1. The summed E-state index contributed by atoms with van der Waals surface area (Å²) < 4.78 is 1.74. The first-order valence-corrected chi connectivity index (χ1v) is 5.62. The monoisotopic (exact) mass is 241 g/mol. The number of fused-ring (bicyclic) bond motifs is 1. The number of nitrogens with zero attached hydrogens (tertiary/aromatic N) is 2. The SMILES string of the molecule is C=C1CC(c2cn3ccccc3nc2=O)C(=O)N1. The predicted octanol–water partition coefficient (Wildman–Crippen LogP) is 0.812. The van der Waals surface area contributed by atoms with Gasteiger partial charge in [0.15, 0.2) is 0 Å². The molecular formula is C13H11N3O2. The third-order valence-electron chi connectivity index (χ3n) is 3.05. The summed E-state index contributed by atoms with van der Waals surface area (Å²) >= 11 is 0. The van der Waals surface area contributed by atoms with Gasteiger partial charge in [-0.25, -0.2) is 0 Å². The van der Waals surface area contributed by atoms with Gasteiger partial charge < -0.3 is 9.72 Å². The molecule has 0 bridgehead atoms. The van der Waals surface area contributed by atoms with Crippen molar-refractivity contribution in [2.24, 2.45) is 0 Å². The number of aromatic nitrogens is 2. The summed E-state index contributed by atoms with van der Waals surface area (Å²) in [5.41, 5.74) is 1.27. The van der Waals surface area contributed by atoms with Gasteiger partial charge in [0.25, 0.3) is 5.56 Å². The van der Waals surface area contributed by atoms with Crippen molar-refractivity contribution >= 4 is 11.6 Å². The Balaban J connectivity index is 2.18. The third kappa shape index (κ3) is 1.60. The van der Waals surface area contributed by atoms with Gasteiger partial charge in [-0.2, -0.15) is 4.98 Å². The largest absolute Gasteiger partial charge is 0.330 e. The van der Waals surface area contributed by atoms with Crippen molar-refractivity contribution in [3.8, 4) is 0 Å². The molecule has 1 amide bonds. The Bertz CT molecular complexity index is 717. The van der Waals surface area contributed by atoms with Crippen LogP contribution in [0, 0.1) is 0 Å². The fourth-order valence-electron chi connectivity index (χ4n) is 2.17. The molecule has 0 radical (unpaired) electrons. The highest BCUT2D eigenvalue weighted by atomic mass is 16.2. The van der Waals surface area contributed by atoms with Crippen LogP contribution in [0.15, 0.2) is 47.7 Å². The van der Waals surface area contributed by atoms with Crippen LogP contribution >= 0.6 is 0 Å². The number of carbonyl (C=O) groups excluding carboxylic acids is 1. The van der Waals surface area contributed by atoms with Gasteiger partial charge in [0.2, 0.25) is 5.91 Å². The lowest BCUT2D eigenvalue weighted by Gasteiger charge is -2.07. The molecule has 1 aliphatic heterocycles. The van der Waals surface area contributed by atoms with Crippen LogP contribution in [0.2, 0.25) is 0 Å². The van der Waals surface area contributed by atoms with Crippen LogP contribution in [-0.4, -0.2) is 15.3 Å². The van der Waals surface area contributed by atoms with Crippen molar-refractivity contribution in [3.05, 3.63) is 58.8 Å². The number of rotatable bonds is 1. The van der Waals surface area contributed by atoms with Gasteiger partial charge in [0, 0.05) is 30.1 Å². The standard InChI is InChI=1S/C13H11N3O2/c1-8-6-9(12(17)14-8)10-7-16-5-3-2-4-11(16)15-13(10)18/h2-5,7,9H,1,6H2,(H,14,17). The van der Waals surface area contributed by atoms with Crippen LogP contribution in [0.1, 0.15) is 17.9 Å². The predicted molar refractivity (Wildman–Crippen MR) is 66.1 cm³/mol. The van der Waals surface area contributed by atoms with E-state index in [4.69, 9.17) is 0 Å². The molecule has 0 saturated carbocycles. The summed E-state index contributed by atoms with van der Waals surface area (Å²) in [5.74, 6) is -0.663. The molecule has 0 aliphatic carbocycles. The molecule has 90 valence electrons. The van der Waals surface area contributed by atoms with E-state index in [1.807, 2.05) is 12.1 Å². The van der Waals surface area contributed by atoms with E-state index >= 15 is 0 Å². The van der Waals surface area contributed by atoms with E-state index in [1.165, 1.54) is 0 Å². The highest BCUT2D eigenvalue weighted by molar-refractivity contribution is 5.88. The van der Waals surface area contributed by atoms with Crippen LogP contribution in [0.5, 0.6) is 0 Å². The van der Waals surface area contributed by atoms with Gasteiger partial charge in [-0.15, -0.1) is 0 Å². The Morgan fingerprint density at radius 1 is 1.39 bits per heavy atom. The van der Waals surface area contributed by atoms with Crippen molar-refractivity contribution in [3.63, 3.8) is 0 Å². The van der Waals surface area contributed by atoms with Crippen LogP contribution in [0.25, 0.3) is 5.65 Å². The number of hydrogen-bond acceptors (Lipinski definition) is 3. The average Bonchev–Trinajstić information content (AvgIpc) is 2.67. The highest BCUT2D eigenvalue weighted by Gasteiger charge is 2.30. The lowest BCUT2D eigenvalue weighted by molar-refractivity contribution is -0.120. The van der Waals surface area contributed by atoms with Crippen LogP contribution in [0.4, 0.5) is 0 Å². The molecule has 1 unspecified atom stereocenters. The van der Waals surface area contributed by atoms with E-state index in [0.717, 1.165) is 0 Å². The van der Waals surface area contributed by atoms with Crippen molar-refractivity contribution in [1.29, 1.82) is 0 Å². The second-order valence-electron chi connectivity index (χ2n) is 4.32. The van der Waals surface area contributed by atoms with Gasteiger partial charge in [-0.1, -0.05) is 12.6 Å². The van der Waals surface area contributed by atoms with E-state index in [0.29, 0.717) is 23.3 Å². The number of carbonyl (C=O) groups is 1. The fraction of sp³-hybridized carbons (Fsp3) is 0.154. The minimum Gasteiger partial charge on any atom is -0.330 e. The van der Waals surface area contributed by atoms with Gasteiger partial charge in [0.05, 0.1) is 5.92 Å². The zero-order chi connectivity index (χ0) is 12.7. The molecule has 0 aromatic carbocycles. The Hall–Kier alpha value is -2.43. The van der Waals surface area contributed by atoms with Crippen molar-refractivity contribution in [2.75, 3.05) is 0 Å². The molecule has 5 nitrogen and oxygen atoms in total. The minimum atomic E-state index is -0.477. The molecule has 3 heterocycles. The second kappa shape index (κ2) is 3.80. The van der Waals surface area contributed by atoms with E-state index < -0.39 is 5.92 Å². The normalized spacial score (nSPS) is 19.2. The summed E-state index contributed by atoms with van der Waals surface area (Å²) in [6.45, 7) is 3.71. The maximum atomic E-state index is 11.9. The van der Waals surface area contributed by atoms with E-state index in [-0.39, 0.29) is 11.5 Å². The van der Waals surface area contributed by atoms with Gasteiger partial charge >= 0.3 is 0 Å². The van der Waals surface area contributed by atoms with Crippen LogP contribution in [-0.2, 0) is 4.79 Å². The zero-order valence-electron chi connectivity index (χ0n) is 9.59. The van der Waals surface area contributed by atoms with Gasteiger partial charge in [-0.05, 0) is 12.1 Å². The Kier molecular flexibility index (Phi) is 2.26. The maximum Gasteiger partial charge on any atom is 0.277 e. The van der Waals surface area contributed by atoms with E-state index in [2.05, 4.69) is 16.9 Å². The van der Waals surface area contributed by atoms with E-state index in [1.54, 1.807) is 22.9 Å². The summed E-state index contributed by atoms with van der Waals surface area (Å²) in [7, 11) is 0. The van der Waals surface area contributed by atoms with Gasteiger partial charge in [-0.3, -0.25) is 9.59 Å². The topological polar surface area (TPSA) is 63.5 Å². The number of amides is 1. The first-order valence-electron chi connectivity index (χ1n) is 5.62. The summed E-state index contributed by atoms with van der Waals surface area (Å²) in [6, 6.07) is 5.40. The number of nitrogens with one attached hydrogen (secondary N) is 1. The molecule has 1 fully saturated rings. The lowest BCUT2D eigenvalue weighted by Crippen LogP contribution is -2.24. The third-order valence-corrected chi connectivity index (χ3v) is 3.05. The van der Waals surface area contributed by atoms with E-state index in [9.17, 15) is 9.59 Å². The lowest BCUT2D eigenvalue weighted by atomic mass is 10.00. The van der Waals surface area contributed by atoms with Crippen molar-refractivity contribution in [1.82, 2.24) is 14.7 Å². The van der Waals surface area contributed by atoms with Crippen molar-refractivity contribution < 1.29 is 4.79 Å². The first-order chi connectivity index (χ1) is 8.65. The Labute approximate surface area is 103 Å². The zero-order valence-corrected chi connectivity index (χ0v) is 9.59. The quantitative estimate of drug-likeness (QED) is 0.803. The first kappa shape index (κ1) is 10.7. The minimum absolute atomic E-state index is 0.185. The molecule has 1 atom stereocenters. The van der Waals surface area contributed by atoms with Crippen LogP contribution < -0.4 is 10.9 Å². The molecule has 0 spiro atoms.